The van der Waals surface area contributed by atoms with Gasteiger partial charge in [-0.3, -0.25) is 4.90 Å². The molecule has 2 rings (SSSR count). The molecule has 0 atom stereocenters. The van der Waals surface area contributed by atoms with E-state index >= 15 is 0 Å². The zero-order chi connectivity index (χ0) is 16.9. The fourth-order valence-electron chi connectivity index (χ4n) is 2.40. The molecule has 1 aliphatic heterocycles. The second-order valence-electron chi connectivity index (χ2n) is 5.55. The maximum absolute atomic E-state index is 12.0. The molecule has 128 valence electrons. The van der Waals surface area contributed by atoms with E-state index in [1.807, 2.05) is 0 Å². The molecular formula is C15H22N2O5S. The van der Waals surface area contributed by atoms with Crippen molar-refractivity contribution in [2.75, 3.05) is 45.6 Å². The first-order valence-electron chi connectivity index (χ1n) is 7.44. The Balaban J connectivity index is 1.99. The summed E-state index contributed by atoms with van der Waals surface area (Å²) in [5, 5.41) is 8.89. The van der Waals surface area contributed by atoms with Crippen molar-refractivity contribution in [3.8, 4) is 0 Å². The van der Waals surface area contributed by atoms with Crippen molar-refractivity contribution in [2.45, 2.75) is 6.54 Å². The number of ether oxygens (including phenoxy) is 1. The lowest BCUT2D eigenvalue weighted by atomic mass is 10.1. The van der Waals surface area contributed by atoms with Crippen LogP contribution in [0, 0.1) is 0 Å². The molecule has 0 saturated carbocycles. The van der Waals surface area contributed by atoms with Crippen molar-refractivity contribution < 1.29 is 23.1 Å². The zero-order valence-corrected chi connectivity index (χ0v) is 14.0. The minimum Gasteiger partial charge on any atom is -0.478 e. The SMILES string of the molecule is CS(=O)(=O)N(CCN1CCOCC1)Cc1ccc(C(=O)O)cc1. The summed E-state index contributed by atoms with van der Waals surface area (Å²) in [5.74, 6) is -0.996. The van der Waals surface area contributed by atoms with Gasteiger partial charge in [-0.05, 0) is 17.7 Å². The first-order chi connectivity index (χ1) is 10.9. The summed E-state index contributed by atoms with van der Waals surface area (Å²) in [6.07, 6.45) is 1.19. The number of hydrogen-bond donors (Lipinski definition) is 1. The average Bonchev–Trinajstić information content (AvgIpc) is 2.51. The van der Waals surface area contributed by atoms with E-state index in [1.165, 1.54) is 22.7 Å². The molecule has 0 bridgehead atoms. The number of aromatic carboxylic acids is 1. The third kappa shape index (κ3) is 5.58. The van der Waals surface area contributed by atoms with E-state index in [0.717, 1.165) is 18.7 Å². The number of nitrogens with zero attached hydrogens (tertiary/aromatic N) is 2. The van der Waals surface area contributed by atoms with E-state index in [4.69, 9.17) is 9.84 Å². The smallest absolute Gasteiger partial charge is 0.335 e. The Morgan fingerprint density at radius 1 is 1.26 bits per heavy atom. The van der Waals surface area contributed by atoms with Crippen LogP contribution in [0.5, 0.6) is 0 Å². The Morgan fingerprint density at radius 3 is 2.39 bits per heavy atom. The number of rotatable bonds is 7. The Morgan fingerprint density at radius 2 is 1.87 bits per heavy atom. The van der Waals surface area contributed by atoms with E-state index in [0.29, 0.717) is 26.3 Å². The maximum atomic E-state index is 12.0. The van der Waals surface area contributed by atoms with Gasteiger partial charge >= 0.3 is 5.97 Å². The molecule has 0 unspecified atom stereocenters. The van der Waals surface area contributed by atoms with Crippen molar-refractivity contribution in [3.63, 3.8) is 0 Å². The van der Waals surface area contributed by atoms with Gasteiger partial charge in [-0.1, -0.05) is 12.1 Å². The third-order valence-electron chi connectivity index (χ3n) is 3.80. The summed E-state index contributed by atoms with van der Waals surface area (Å²) < 4.78 is 30.6. The zero-order valence-electron chi connectivity index (χ0n) is 13.1. The molecule has 1 aliphatic rings. The fraction of sp³-hybridized carbons (Fsp3) is 0.533. The molecular weight excluding hydrogens is 320 g/mol. The van der Waals surface area contributed by atoms with Crippen LogP contribution in [-0.4, -0.2) is 74.3 Å². The van der Waals surface area contributed by atoms with Crippen LogP contribution in [0.1, 0.15) is 15.9 Å². The highest BCUT2D eigenvalue weighted by Gasteiger charge is 2.19. The molecule has 0 aromatic heterocycles. The highest BCUT2D eigenvalue weighted by molar-refractivity contribution is 7.88. The van der Waals surface area contributed by atoms with E-state index in [-0.39, 0.29) is 12.1 Å². The molecule has 1 saturated heterocycles. The van der Waals surface area contributed by atoms with Crippen LogP contribution in [0.3, 0.4) is 0 Å². The molecule has 0 amide bonds. The number of sulfonamides is 1. The molecule has 1 aromatic rings. The molecule has 1 aromatic carbocycles. The molecule has 8 heteroatoms. The Labute approximate surface area is 136 Å². The molecule has 0 radical (unpaired) electrons. The summed E-state index contributed by atoms with van der Waals surface area (Å²) in [7, 11) is -3.33. The summed E-state index contributed by atoms with van der Waals surface area (Å²) in [6.45, 7) is 4.27. The Bertz CT molecular complexity index is 624. The largest absolute Gasteiger partial charge is 0.478 e. The lowest BCUT2D eigenvalue weighted by Gasteiger charge is -2.29. The van der Waals surface area contributed by atoms with Crippen molar-refractivity contribution in [2.24, 2.45) is 0 Å². The van der Waals surface area contributed by atoms with Crippen LogP contribution in [0.4, 0.5) is 0 Å². The highest BCUT2D eigenvalue weighted by atomic mass is 32.2. The van der Waals surface area contributed by atoms with E-state index in [1.54, 1.807) is 12.1 Å². The summed E-state index contributed by atoms with van der Waals surface area (Å²) in [5.41, 5.74) is 0.954. The lowest BCUT2D eigenvalue weighted by molar-refractivity contribution is 0.0361. The normalized spacial score (nSPS) is 16.6. The summed E-state index contributed by atoms with van der Waals surface area (Å²) >= 11 is 0. The van der Waals surface area contributed by atoms with Gasteiger partial charge in [-0.15, -0.1) is 0 Å². The topological polar surface area (TPSA) is 87.2 Å². The average molecular weight is 342 g/mol. The predicted octanol–water partition coefficient (Wildman–Crippen LogP) is 0.479. The van der Waals surface area contributed by atoms with Crippen LogP contribution < -0.4 is 0 Å². The minimum absolute atomic E-state index is 0.188. The quantitative estimate of drug-likeness (QED) is 0.775. The molecule has 1 fully saturated rings. The van der Waals surface area contributed by atoms with Crippen LogP contribution in [0.25, 0.3) is 0 Å². The third-order valence-corrected chi connectivity index (χ3v) is 5.05. The molecule has 1 N–H and O–H groups in total. The number of morpholine rings is 1. The van der Waals surface area contributed by atoms with Gasteiger partial charge < -0.3 is 9.84 Å². The van der Waals surface area contributed by atoms with Crippen molar-refractivity contribution in [3.05, 3.63) is 35.4 Å². The molecule has 1 heterocycles. The monoisotopic (exact) mass is 342 g/mol. The van der Waals surface area contributed by atoms with Gasteiger partial charge in [0.05, 0.1) is 25.0 Å². The number of hydrogen-bond acceptors (Lipinski definition) is 5. The molecule has 0 spiro atoms. The van der Waals surface area contributed by atoms with Crippen molar-refractivity contribution in [1.82, 2.24) is 9.21 Å². The van der Waals surface area contributed by atoms with E-state index in [9.17, 15) is 13.2 Å². The first kappa shape index (κ1) is 17.9. The number of carboxylic acids is 1. The Hall–Kier alpha value is -1.48. The van der Waals surface area contributed by atoms with Crippen molar-refractivity contribution >= 4 is 16.0 Å². The minimum atomic E-state index is -3.33. The molecule has 7 nitrogen and oxygen atoms in total. The van der Waals surface area contributed by atoms with Crippen LogP contribution in [-0.2, 0) is 21.3 Å². The van der Waals surface area contributed by atoms with Gasteiger partial charge in [0.15, 0.2) is 0 Å². The van der Waals surface area contributed by atoms with Gasteiger partial charge in [0.25, 0.3) is 0 Å². The Kier molecular flexibility index (Phi) is 6.11. The standard InChI is InChI=1S/C15H22N2O5S/c1-23(20,21)17(7-6-16-8-10-22-11-9-16)12-13-2-4-14(5-3-13)15(18)19/h2-5H,6-12H2,1H3,(H,18,19). The lowest BCUT2D eigenvalue weighted by Crippen LogP contribution is -2.42. The number of benzene rings is 1. The fourth-order valence-corrected chi connectivity index (χ4v) is 3.19. The summed E-state index contributed by atoms with van der Waals surface area (Å²) in [6, 6.07) is 6.27. The van der Waals surface area contributed by atoms with E-state index in [2.05, 4.69) is 4.90 Å². The number of carbonyl (C=O) groups is 1. The number of carboxylic acid groups (broad SMARTS) is 1. The van der Waals surface area contributed by atoms with Crippen molar-refractivity contribution in [1.29, 1.82) is 0 Å². The highest BCUT2D eigenvalue weighted by Crippen LogP contribution is 2.11. The predicted molar refractivity (Wildman–Crippen MR) is 85.9 cm³/mol. The van der Waals surface area contributed by atoms with Gasteiger partial charge in [-0.2, -0.15) is 4.31 Å². The maximum Gasteiger partial charge on any atom is 0.335 e. The van der Waals surface area contributed by atoms with E-state index < -0.39 is 16.0 Å². The molecule has 23 heavy (non-hydrogen) atoms. The van der Waals surface area contributed by atoms with Gasteiger partial charge in [-0.25, -0.2) is 13.2 Å². The molecule has 0 aliphatic carbocycles. The second kappa shape index (κ2) is 7.87. The second-order valence-corrected chi connectivity index (χ2v) is 7.54. The summed E-state index contributed by atoms with van der Waals surface area (Å²) in [4.78, 5) is 13.0. The van der Waals surface area contributed by atoms with Crippen LogP contribution in [0.2, 0.25) is 0 Å². The van der Waals surface area contributed by atoms with Crippen LogP contribution in [0.15, 0.2) is 24.3 Å². The van der Waals surface area contributed by atoms with Crippen LogP contribution >= 0.6 is 0 Å². The first-order valence-corrected chi connectivity index (χ1v) is 9.28. The van der Waals surface area contributed by atoms with Gasteiger partial charge in [0.1, 0.15) is 0 Å². The van der Waals surface area contributed by atoms with Gasteiger partial charge in [0, 0.05) is 32.7 Å². The van der Waals surface area contributed by atoms with Gasteiger partial charge in [0.2, 0.25) is 10.0 Å².